The van der Waals surface area contributed by atoms with Crippen molar-refractivity contribution in [1.29, 1.82) is 0 Å². The first-order valence-electron chi connectivity index (χ1n) is 7.63. The fraction of sp³-hybridized carbons (Fsp3) is 0.400. The number of rotatable bonds is 5. The van der Waals surface area contributed by atoms with Crippen molar-refractivity contribution < 1.29 is 22.8 Å². The molecular weight excluding hydrogens is 348 g/mol. The molecule has 0 spiro atoms. The summed E-state index contributed by atoms with van der Waals surface area (Å²) in [6.07, 6.45) is 1.65. The highest BCUT2D eigenvalue weighted by atomic mass is 32.2. The molecule has 0 unspecified atom stereocenters. The van der Waals surface area contributed by atoms with Gasteiger partial charge in [0.25, 0.3) is 5.91 Å². The van der Waals surface area contributed by atoms with Crippen LogP contribution in [0.1, 0.15) is 18.4 Å². The van der Waals surface area contributed by atoms with Gasteiger partial charge in [-0.3, -0.25) is 25.2 Å². The predicted octanol–water partition coefficient (Wildman–Crippen LogP) is -0.958. The van der Waals surface area contributed by atoms with Crippen molar-refractivity contribution in [3.05, 3.63) is 29.8 Å². The van der Waals surface area contributed by atoms with E-state index in [-0.39, 0.29) is 10.9 Å². The van der Waals surface area contributed by atoms with Crippen molar-refractivity contribution in [1.82, 2.24) is 20.5 Å². The number of nitrogens with zero attached hydrogens (tertiary/aromatic N) is 1. The maximum absolute atomic E-state index is 12.3. The Morgan fingerprint density at radius 2 is 1.68 bits per heavy atom. The zero-order valence-electron chi connectivity index (χ0n) is 13.9. The van der Waals surface area contributed by atoms with E-state index in [4.69, 9.17) is 0 Å². The molecule has 0 aromatic heterocycles. The van der Waals surface area contributed by atoms with E-state index in [0.717, 1.165) is 22.7 Å². The fourth-order valence-corrected chi connectivity index (χ4v) is 3.01. The van der Waals surface area contributed by atoms with E-state index in [2.05, 4.69) is 5.32 Å². The van der Waals surface area contributed by atoms with Crippen LogP contribution in [0.3, 0.4) is 0 Å². The summed E-state index contributed by atoms with van der Waals surface area (Å²) >= 11 is 0. The Morgan fingerprint density at radius 3 is 2.24 bits per heavy atom. The number of hydrogen-bond donors (Lipinski definition) is 3. The van der Waals surface area contributed by atoms with Crippen LogP contribution in [0, 0.1) is 6.92 Å². The second-order valence-electron chi connectivity index (χ2n) is 5.82. The quantitative estimate of drug-likeness (QED) is 0.456. The summed E-state index contributed by atoms with van der Waals surface area (Å²) < 4.78 is 25.5. The van der Waals surface area contributed by atoms with Gasteiger partial charge in [0.15, 0.2) is 0 Å². The van der Waals surface area contributed by atoms with E-state index in [1.54, 1.807) is 12.1 Å². The number of hydrogen-bond acceptors (Lipinski definition) is 5. The second kappa shape index (κ2) is 7.62. The Bertz CT molecular complexity index is 772. The van der Waals surface area contributed by atoms with Crippen molar-refractivity contribution in [2.75, 3.05) is 13.6 Å². The zero-order chi connectivity index (χ0) is 18.6. The molecule has 10 heteroatoms. The predicted molar refractivity (Wildman–Crippen MR) is 88.4 cm³/mol. The molecule has 0 atom stereocenters. The molecule has 0 aliphatic heterocycles. The van der Waals surface area contributed by atoms with Crippen LogP contribution in [0.25, 0.3) is 0 Å². The number of benzene rings is 1. The van der Waals surface area contributed by atoms with Gasteiger partial charge in [-0.05, 0) is 31.9 Å². The Hall–Kier alpha value is -2.46. The minimum Gasteiger partial charge on any atom is -0.345 e. The molecule has 0 radical (unpaired) electrons. The minimum absolute atomic E-state index is 0.0136. The van der Waals surface area contributed by atoms with Gasteiger partial charge in [0.1, 0.15) is 0 Å². The molecule has 1 aromatic rings. The van der Waals surface area contributed by atoms with E-state index in [1.807, 2.05) is 17.8 Å². The number of nitrogens with one attached hydrogen (secondary N) is 3. The van der Waals surface area contributed by atoms with E-state index in [1.165, 1.54) is 19.2 Å². The van der Waals surface area contributed by atoms with Gasteiger partial charge in [-0.25, -0.2) is 8.42 Å². The molecule has 25 heavy (non-hydrogen) atoms. The third-order valence-electron chi connectivity index (χ3n) is 3.53. The van der Waals surface area contributed by atoms with Gasteiger partial charge < -0.3 is 5.32 Å². The number of likely N-dealkylation sites (N-methyl/N-ethyl adjacent to an activating group) is 1. The molecule has 1 saturated carbocycles. The SMILES string of the molecule is Cc1ccc(S(=O)(=O)N(C)CC(=O)NNC(=O)C(=O)NC2CC2)cc1. The summed E-state index contributed by atoms with van der Waals surface area (Å²) in [5.41, 5.74) is 4.87. The molecule has 1 aliphatic carbocycles. The average Bonchev–Trinajstić information content (AvgIpc) is 3.36. The van der Waals surface area contributed by atoms with Crippen molar-refractivity contribution in [3.63, 3.8) is 0 Å². The first kappa shape index (κ1) is 18.9. The van der Waals surface area contributed by atoms with Crippen LogP contribution in [0.4, 0.5) is 0 Å². The standard InChI is InChI=1S/C15H20N4O5S/c1-10-3-7-12(8-4-10)25(23,24)19(2)9-13(20)17-18-15(22)14(21)16-11-5-6-11/h3-4,7-8,11H,5-6,9H2,1-2H3,(H,16,21)(H,17,20)(H,18,22). The van der Waals surface area contributed by atoms with Crippen molar-refractivity contribution in [3.8, 4) is 0 Å². The molecule has 0 bridgehead atoms. The number of carbonyl (C=O) groups is 3. The van der Waals surface area contributed by atoms with Crippen LogP contribution < -0.4 is 16.2 Å². The largest absolute Gasteiger partial charge is 0.345 e. The second-order valence-corrected chi connectivity index (χ2v) is 7.87. The zero-order valence-corrected chi connectivity index (χ0v) is 14.7. The number of amides is 3. The lowest BCUT2D eigenvalue weighted by atomic mass is 10.2. The lowest BCUT2D eigenvalue weighted by Crippen LogP contribution is -2.51. The van der Waals surface area contributed by atoms with E-state index < -0.39 is 34.3 Å². The Balaban J connectivity index is 1.85. The van der Waals surface area contributed by atoms with Gasteiger partial charge >= 0.3 is 11.8 Å². The fourth-order valence-electron chi connectivity index (χ4n) is 1.88. The third-order valence-corrected chi connectivity index (χ3v) is 5.35. The van der Waals surface area contributed by atoms with E-state index in [0.29, 0.717) is 0 Å². The van der Waals surface area contributed by atoms with Crippen molar-refractivity contribution in [2.45, 2.75) is 30.7 Å². The molecule has 3 amide bonds. The summed E-state index contributed by atoms with van der Waals surface area (Å²) in [4.78, 5) is 34.7. The summed E-state index contributed by atoms with van der Waals surface area (Å²) in [7, 11) is -2.59. The third kappa shape index (κ3) is 5.26. The number of hydrazine groups is 1. The maximum Gasteiger partial charge on any atom is 0.327 e. The molecule has 1 fully saturated rings. The summed E-state index contributed by atoms with van der Waals surface area (Å²) in [6, 6.07) is 6.21. The molecule has 136 valence electrons. The monoisotopic (exact) mass is 368 g/mol. The first-order chi connectivity index (χ1) is 11.7. The molecular formula is C15H20N4O5S. The number of carbonyl (C=O) groups excluding carboxylic acids is 3. The Kier molecular flexibility index (Phi) is 5.75. The molecule has 2 rings (SSSR count). The summed E-state index contributed by atoms with van der Waals surface area (Å²) in [5, 5.41) is 2.46. The van der Waals surface area contributed by atoms with Gasteiger partial charge in [0.2, 0.25) is 10.0 Å². The van der Waals surface area contributed by atoms with E-state index >= 15 is 0 Å². The summed E-state index contributed by atoms with van der Waals surface area (Å²) in [5.74, 6) is -2.63. The van der Waals surface area contributed by atoms with Gasteiger partial charge in [-0.2, -0.15) is 4.31 Å². The number of aryl methyl sites for hydroxylation is 1. The van der Waals surface area contributed by atoms with Crippen LogP contribution in [0.15, 0.2) is 29.2 Å². The van der Waals surface area contributed by atoms with Crippen molar-refractivity contribution >= 4 is 27.7 Å². The molecule has 9 nitrogen and oxygen atoms in total. The first-order valence-corrected chi connectivity index (χ1v) is 9.07. The number of sulfonamides is 1. The smallest absolute Gasteiger partial charge is 0.327 e. The van der Waals surface area contributed by atoms with Crippen LogP contribution in [0.5, 0.6) is 0 Å². The normalized spacial score (nSPS) is 14.0. The van der Waals surface area contributed by atoms with Gasteiger partial charge in [0.05, 0.1) is 11.4 Å². The van der Waals surface area contributed by atoms with Crippen molar-refractivity contribution in [2.24, 2.45) is 0 Å². The maximum atomic E-state index is 12.3. The van der Waals surface area contributed by atoms with Crippen LogP contribution in [0.2, 0.25) is 0 Å². The molecule has 0 heterocycles. The lowest BCUT2D eigenvalue weighted by molar-refractivity contribution is -0.141. The molecule has 1 aromatic carbocycles. The highest BCUT2D eigenvalue weighted by Crippen LogP contribution is 2.18. The molecule has 3 N–H and O–H groups in total. The van der Waals surface area contributed by atoms with Gasteiger partial charge in [-0.15, -0.1) is 0 Å². The lowest BCUT2D eigenvalue weighted by Gasteiger charge is -2.17. The van der Waals surface area contributed by atoms with Gasteiger partial charge in [0, 0.05) is 13.1 Å². The average molecular weight is 368 g/mol. The van der Waals surface area contributed by atoms with E-state index in [9.17, 15) is 22.8 Å². The molecule has 0 saturated heterocycles. The summed E-state index contributed by atoms with van der Waals surface area (Å²) in [6.45, 7) is 1.32. The Labute approximate surface area is 145 Å². The van der Waals surface area contributed by atoms with Gasteiger partial charge in [-0.1, -0.05) is 17.7 Å². The van der Waals surface area contributed by atoms with Crippen LogP contribution >= 0.6 is 0 Å². The minimum atomic E-state index is -3.83. The molecule has 1 aliphatic rings. The topological polar surface area (TPSA) is 125 Å². The Morgan fingerprint density at radius 1 is 1.08 bits per heavy atom. The highest BCUT2D eigenvalue weighted by molar-refractivity contribution is 7.89. The van der Waals surface area contributed by atoms with Crippen LogP contribution in [-0.4, -0.2) is 50.1 Å². The van der Waals surface area contributed by atoms with Crippen LogP contribution in [-0.2, 0) is 24.4 Å². The highest BCUT2D eigenvalue weighted by Gasteiger charge is 2.27.